The van der Waals surface area contributed by atoms with E-state index in [4.69, 9.17) is 5.11 Å². The van der Waals surface area contributed by atoms with Crippen molar-refractivity contribution < 1.29 is 19.5 Å². The molecule has 0 unspecified atom stereocenters. The van der Waals surface area contributed by atoms with E-state index in [0.29, 0.717) is 19.1 Å². The lowest BCUT2D eigenvalue weighted by molar-refractivity contribution is -0.137. The van der Waals surface area contributed by atoms with Crippen LogP contribution in [0.5, 0.6) is 0 Å². The number of hydrogen-bond donors (Lipinski definition) is 3. The molecule has 1 saturated carbocycles. The molecule has 112 valence electrons. The van der Waals surface area contributed by atoms with E-state index < -0.39 is 18.4 Å². The summed E-state index contributed by atoms with van der Waals surface area (Å²) in [5.41, 5.74) is 0. The third-order valence-corrected chi connectivity index (χ3v) is 3.50. The van der Waals surface area contributed by atoms with Gasteiger partial charge in [0.2, 0.25) is 5.91 Å². The maximum atomic E-state index is 11.8. The zero-order valence-electron chi connectivity index (χ0n) is 11.3. The van der Waals surface area contributed by atoms with Crippen molar-refractivity contribution in [3.63, 3.8) is 0 Å². The highest BCUT2D eigenvalue weighted by atomic mass is 16.4. The van der Waals surface area contributed by atoms with Gasteiger partial charge in [0.05, 0.1) is 6.54 Å². The molecule has 0 radical (unpaired) electrons. The third kappa shape index (κ3) is 4.37. The van der Waals surface area contributed by atoms with E-state index in [9.17, 15) is 14.4 Å². The standard InChI is InChI=1S/C12H20N4O4/c17-10(13-8-11(18)19)7-14-12(20)16-5-3-15(4-6-16)9-1-2-9/h9H,1-8H2,(H,13,17)(H,14,20)(H,18,19). The van der Waals surface area contributed by atoms with Crippen LogP contribution in [0.4, 0.5) is 4.79 Å². The lowest BCUT2D eigenvalue weighted by Gasteiger charge is -2.34. The van der Waals surface area contributed by atoms with E-state index in [1.165, 1.54) is 12.8 Å². The van der Waals surface area contributed by atoms with Crippen LogP contribution in [0.3, 0.4) is 0 Å². The van der Waals surface area contributed by atoms with Crippen molar-refractivity contribution in [1.82, 2.24) is 20.4 Å². The molecule has 1 aliphatic carbocycles. The number of aliphatic carboxylic acids is 1. The normalized spacial score (nSPS) is 19.5. The lowest BCUT2D eigenvalue weighted by atomic mass is 10.3. The number of carbonyl (C=O) groups is 3. The molecular formula is C12H20N4O4. The Bertz CT molecular complexity index is 389. The number of carboxylic acid groups (broad SMARTS) is 1. The number of carbonyl (C=O) groups excluding carboxylic acids is 2. The minimum Gasteiger partial charge on any atom is -0.480 e. The molecule has 3 amide bonds. The highest BCUT2D eigenvalue weighted by molar-refractivity contribution is 5.86. The van der Waals surface area contributed by atoms with Crippen molar-refractivity contribution in [2.45, 2.75) is 18.9 Å². The van der Waals surface area contributed by atoms with Crippen LogP contribution in [0.15, 0.2) is 0 Å². The molecular weight excluding hydrogens is 264 g/mol. The Balaban J connectivity index is 1.62. The van der Waals surface area contributed by atoms with Gasteiger partial charge in [0.1, 0.15) is 6.54 Å². The molecule has 1 heterocycles. The molecule has 3 N–H and O–H groups in total. The van der Waals surface area contributed by atoms with Crippen LogP contribution in [0.25, 0.3) is 0 Å². The smallest absolute Gasteiger partial charge is 0.322 e. The molecule has 0 atom stereocenters. The predicted molar refractivity (Wildman–Crippen MR) is 70.2 cm³/mol. The summed E-state index contributed by atoms with van der Waals surface area (Å²) in [7, 11) is 0. The summed E-state index contributed by atoms with van der Waals surface area (Å²) in [6.45, 7) is 2.45. The second-order valence-electron chi connectivity index (χ2n) is 5.08. The van der Waals surface area contributed by atoms with Crippen molar-refractivity contribution in [2.24, 2.45) is 0 Å². The monoisotopic (exact) mass is 284 g/mol. The number of urea groups is 1. The van der Waals surface area contributed by atoms with Gasteiger partial charge in [0.15, 0.2) is 0 Å². The zero-order chi connectivity index (χ0) is 14.5. The number of nitrogens with one attached hydrogen (secondary N) is 2. The molecule has 8 heteroatoms. The van der Waals surface area contributed by atoms with E-state index in [0.717, 1.165) is 13.1 Å². The van der Waals surface area contributed by atoms with E-state index >= 15 is 0 Å². The summed E-state index contributed by atoms with van der Waals surface area (Å²) < 4.78 is 0. The number of piperazine rings is 1. The van der Waals surface area contributed by atoms with E-state index in [1.807, 2.05) is 0 Å². The molecule has 0 bridgehead atoms. The number of carboxylic acids is 1. The fraction of sp³-hybridized carbons (Fsp3) is 0.750. The largest absolute Gasteiger partial charge is 0.480 e. The van der Waals surface area contributed by atoms with E-state index in [1.54, 1.807) is 4.90 Å². The van der Waals surface area contributed by atoms with E-state index in [2.05, 4.69) is 15.5 Å². The van der Waals surface area contributed by atoms with Gasteiger partial charge in [0, 0.05) is 32.2 Å². The molecule has 0 spiro atoms. The Morgan fingerprint density at radius 1 is 1.00 bits per heavy atom. The van der Waals surface area contributed by atoms with Gasteiger partial charge in [0.25, 0.3) is 0 Å². The fourth-order valence-electron chi connectivity index (χ4n) is 2.23. The number of nitrogens with zero attached hydrogens (tertiary/aromatic N) is 2. The second kappa shape index (κ2) is 6.56. The van der Waals surface area contributed by atoms with Gasteiger partial charge in [-0.05, 0) is 12.8 Å². The van der Waals surface area contributed by atoms with Crippen molar-refractivity contribution in [1.29, 1.82) is 0 Å². The Kier molecular flexibility index (Phi) is 4.78. The first kappa shape index (κ1) is 14.6. The van der Waals surface area contributed by atoms with Gasteiger partial charge in [-0.1, -0.05) is 0 Å². The fourth-order valence-corrected chi connectivity index (χ4v) is 2.23. The zero-order valence-corrected chi connectivity index (χ0v) is 11.3. The molecule has 20 heavy (non-hydrogen) atoms. The summed E-state index contributed by atoms with van der Waals surface area (Å²) in [6, 6.07) is 0.438. The predicted octanol–water partition coefficient (Wildman–Crippen LogP) is -1.32. The van der Waals surface area contributed by atoms with Gasteiger partial charge in [-0.2, -0.15) is 0 Å². The van der Waals surface area contributed by atoms with Crippen LogP contribution in [0, 0.1) is 0 Å². The van der Waals surface area contributed by atoms with Crippen molar-refractivity contribution in [3.8, 4) is 0 Å². The first-order valence-electron chi connectivity index (χ1n) is 6.81. The quantitative estimate of drug-likeness (QED) is 0.581. The highest BCUT2D eigenvalue weighted by Crippen LogP contribution is 2.27. The molecule has 0 aromatic heterocycles. The van der Waals surface area contributed by atoms with Gasteiger partial charge >= 0.3 is 12.0 Å². The summed E-state index contributed by atoms with van der Waals surface area (Å²) >= 11 is 0. The van der Waals surface area contributed by atoms with Gasteiger partial charge in [-0.25, -0.2) is 4.79 Å². The van der Waals surface area contributed by atoms with Gasteiger partial charge < -0.3 is 20.6 Å². The first-order valence-corrected chi connectivity index (χ1v) is 6.81. The molecule has 2 fully saturated rings. The molecule has 2 rings (SSSR count). The van der Waals surface area contributed by atoms with Crippen LogP contribution >= 0.6 is 0 Å². The molecule has 8 nitrogen and oxygen atoms in total. The molecule has 2 aliphatic rings. The van der Waals surface area contributed by atoms with Crippen LogP contribution < -0.4 is 10.6 Å². The molecule has 0 aromatic carbocycles. The summed E-state index contributed by atoms with van der Waals surface area (Å²) in [4.78, 5) is 37.4. The maximum Gasteiger partial charge on any atom is 0.322 e. The number of rotatable bonds is 5. The molecule has 0 aromatic rings. The average molecular weight is 284 g/mol. The van der Waals surface area contributed by atoms with Crippen LogP contribution in [-0.2, 0) is 9.59 Å². The van der Waals surface area contributed by atoms with Crippen LogP contribution in [0.2, 0.25) is 0 Å². The minimum atomic E-state index is -1.11. The van der Waals surface area contributed by atoms with Crippen molar-refractivity contribution in [2.75, 3.05) is 39.3 Å². The van der Waals surface area contributed by atoms with E-state index in [-0.39, 0.29) is 12.6 Å². The second-order valence-corrected chi connectivity index (χ2v) is 5.08. The maximum absolute atomic E-state index is 11.8. The molecule has 1 aliphatic heterocycles. The Morgan fingerprint density at radius 3 is 2.20 bits per heavy atom. The minimum absolute atomic E-state index is 0.199. The van der Waals surface area contributed by atoms with Gasteiger partial charge in [-0.3, -0.25) is 14.5 Å². The Labute approximate surface area is 117 Å². The average Bonchev–Trinajstić information content (AvgIpc) is 3.27. The van der Waals surface area contributed by atoms with Crippen LogP contribution in [0.1, 0.15) is 12.8 Å². The lowest BCUT2D eigenvalue weighted by Crippen LogP contribution is -2.53. The Hall–Kier alpha value is -1.83. The highest BCUT2D eigenvalue weighted by Gasteiger charge is 2.32. The summed E-state index contributed by atoms with van der Waals surface area (Å²) in [6.07, 6.45) is 2.52. The third-order valence-electron chi connectivity index (χ3n) is 3.50. The van der Waals surface area contributed by atoms with Crippen molar-refractivity contribution in [3.05, 3.63) is 0 Å². The topological polar surface area (TPSA) is 102 Å². The van der Waals surface area contributed by atoms with Gasteiger partial charge in [-0.15, -0.1) is 0 Å². The number of amides is 3. The Morgan fingerprint density at radius 2 is 1.65 bits per heavy atom. The first-order chi connectivity index (χ1) is 9.56. The van der Waals surface area contributed by atoms with Crippen molar-refractivity contribution >= 4 is 17.9 Å². The summed E-state index contributed by atoms with van der Waals surface area (Å²) in [5.74, 6) is -1.61. The summed E-state index contributed by atoms with van der Waals surface area (Å²) in [5, 5.41) is 13.1. The SMILES string of the molecule is O=C(O)CNC(=O)CNC(=O)N1CCN(C2CC2)CC1. The van der Waals surface area contributed by atoms with Crippen LogP contribution in [-0.4, -0.2) is 78.1 Å². The molecule has 1 saturated heterocycles. The number of hydrogen-bond acceptors (Lipinski definition) is 4.